The van der Waals surface area contributed by atoms with Crippen LogP contribution in [0.1, 0.15) is 22.7 Å². The molecule has 0 atom stereocenters. The number of benzene rings is 3. The van der Waals surface area contributed by atoms with Crippen molar-refractivity contribution in [2.24, 2.45) is 0 Å². The number of piperazine rings is 1. The Morgan fingerprint density at radius 2 is 1.31 bits per heavy atom. The number of halogens is 2. The molecule has 6 heteroatoms. The van der Waals surface area contributed by atoms with E-state index in [0.717, 1.165) is 22.4 Å². The number of carbonyl (C=O) groups is 1. The van der Waals surface area contributed by atoms with Crippen molar-refractivity contribution >= 4 is 5.91 Å². The average molecular weight is 437 g/mol. The fourth-order valence-electron chi connectivity index (χ4n) is 4.16. The summed E-state index contributed by atoms with van der Waals surface area (Å²) in [6.45, 7) is 2.56. The minimum absolute atomic E-state index is 0.0925. The Labute approximate surface area is 187 Å². The number of nitrogens with zero attached hydrogens (tertiary/aromatic N) is 2. The maximum atomic E-state index is 13.5. The van der Waals surface area contributed by atoms with Gasteiger partial charge in [-0.05, 0) is 53.1 Å². The third-order valence-electron chi connectivity index (χ3n) is 5.92. The molecule has 4 rings (SSSR count). The Kier molecular flexibility index (Phi) is 6.81. The van der Waals surface area contributed by atoms with Gasteiger partial charge in [0.05, 0.1) is 19.6 Å². The summed E-state index contributed by atoms with van der Waals surface area (Å²) in [5.74, 6) is 0.276. The van der Waals surface area contributed by atoms with Crippen molar-refractivity contribution < 1.29 is 18.3 Å². The van der Waals surface area contributed by atoms with E-state index >= 15 is 0 Å². The fourth-order valence-corrected chi connectivity index (χ4v) is 4.16. The Bertz CT molecular complexity index is 983. The van der Waals surface area contributed by atoms with Crippen LogP contribution >= 0.6 is 0 Å². The van der Waals surface area contributed by atoms with Gasteiger partial charge in [-0.2, -0.15) is 0 Å². The van der Waals surface area contributed by atoms with Crippen molar-refractivity contribution in [3.05, 3.63) is 101 Å². The summed E-state index contributed by atoms with van der Waals surface area (Å²) in [7, 11) is 1.62. The lowest BCUT2D eigenvalue weighted by Gasteiger charge is -2.40. The topological polar surface area (TPSA) is 32.8 Å². The van der Waals surface area contributed by atoms with Crippen LogP contribution in [0.3, 0.4) is 0 Å². The van der Waals surface area contributed by atoms with E-state index in [-0.39, 0.29) is 23.6 Å². The second kappa shape index (κ2) is 9.92. The first kappa shape index (κ1) is 22.0. The van der Waals surface area contributed by atoms with E-state index in [0.29, 0.717) is 32.6 Å². The number of methoxy groups -OCH3 is 1. The summed E-state index contributed by atoms with van der Waals surface area (Å²) in [6, 6.07) is 20.3. The highest BCUT2D eigenvalue weighted by Crippen LogP contribution is 2.30. The second-order valence-electron chi connectivity index (χ2n) is 7.95. The first-order chi connectivity index (χ1) is 15.5. The predicted octanol–water partition coefficient (Wildman–Crippen LogP) is 4.45. The van der Waals surface area contributed by atoms with Crippen molar-refractivity contribution in [2.75, 3.05) is 33.3 Å². The van der Waals surface area contributed by atoms with E-state index in [9.17, 15) is 13.6 Å². The van der Waals surface area contributed by atoms with Crippen molar-refractivity contribution in [3.63, 3.8) is 0 Å². The summed E-state index contributed by atoms with van der Waals surface area (Å²) in [5.41, 5.74) is 2.83. The molecule has 1 fully saturated rings. The van der Waals surface area contributed by atoms with Crippen molar-refractivity contribution in [3.8, 4) is 5.75 Å². The lowest BCUT2D eigenvalue weighted by atomic mass is 9.96. The molecule has 3 aromatic rings. The fraction of sp³-hybridized carbons (Fsp3) is 0.269. The largest absolute Gasteiger partial charge is 0.497 e. The standard InChI is InChI=1S/C26H26F2N2O2/c1-32-24-12-2-19(3-13-24)18-25(31)29-14-16-30(17-15-29)26(20-4-8-22(27)9-5-20)21-6-10-23(28)11-7-21/h2-13,26H,14-18H2,1H3. The number of carbonyl (C=O) groups excluding carboxylic acids is 1. The first-order valence-electron chi connectivity index (χ1n) is 10.7. The Morgan fingerprint density at radius 1 is 0.812 bits per heavy atom. The van der Waals surface area contributed by atoms with Gasteiger partial charge in [-0.15, -0.1) is 0 Å². The first-order valence-corrected chi connectivity index (χ1v) is 10.7. The molecule has 0 unspecified atom stereocenters. The van der Waals surface area contributed by atoms with Crippen LogP contribution in [-0.2, 0) is 11.2 Å². The van der Waals surface area contributed by atoms with Crippen LogP contribution in [0.5, 0.6) is 5.75 Å². The van der Waals surface area contributed by atoms with E-state index in [1.165, 1.54) is 24.3 Å². The lowest BCUT2D eigenvalue weighted by molar-refractivity contribution is -0.132. The molecule has 0 saturated carbocycles. The van der Waals surface area contributed by atoms with Crippen LogP contribution in [0.25, 0.3) is 0 Å². The molecule has 166 valence electrons. The molecular formula is C26H26F2N2O2. The number of amides is 1. The van der Waals surface area contributed by atoms with E-state index in [4.69, 9.17) is 4.74 Å². The molecule has 1 aliphatic heterocycles. The Hall–Kier alpha value is -3.25. The number of hydrogen-bond acceptors (Lipinski definition) is 3. The summed E-state index contributed by atoms with van der Waals surface area (Å²) < 4.78 is 32.2. The van der Waals surface area contributed by atoms with Crippen LogP contribution < -0.4 is 4.74 Å². The van der Waals surface area contributed by atoms with Crippen molar-refractivity contribution in [1.82, 2.24) is 9.80 Å². The van der Waals surface area contributed by atoms with Crippen LogP contribution in [0, 0.1) is 11.6 Å². The minimum Gasteiger partial charge on any atom is -0.497 e. The molecule has 0 radical (unpaired) electrons. The normalized spacial score (nSPS) is 14.6. The van der Waals surface area contributed by atoms with Crippen LogP contribution in [0.4, 0.5) is 8.78 Å². The van der Waals surface area contributed by atoms with E-state index in [2.05, 4.69) is 4.90 Å². The zero-order valence-electron chi connectivity index (χ0n) is 18.0. The monoisotopic (exact) mass is 436 g/mol. The molecule has 0 aromatic heterocycles. The van der Waals surface area contributed by atoms with Gasteiger partial charge < -0.3 is 9.64 Å². The highest BCUT2D eigenvalue weighted by molar-refractivity contribution is 5.79. The summed E-state index contributed by atoms with van der Waals surface area (Å²) in [5, 5.41) is 0. The predicted molar refractivity (Wildman–Crippen MR) is 119 cm³/mol. The minimum atomic E-state index is -0.291. The summed E-state index contributed by atoms with van der Waals surface area (Å²) in [6.07, 6.45) is 0.351. The molecule has 0 bridgehead atoms. The highest BCUT2D eigenvalue weighted by Gasteiger charge is 2.28. The van der Waals surface area contributed by atoms with Gasteiger partial charge in [-0.25, -0.2) is 8.78 Å². The quantitative estimate of drug-likeness (QED) is 0.572. The van der Waals surface area contributed by atoms with Gasteiger partial charge in [0, 0.05) is 26.2 Å². The Balaban J connectivity index is 1.45. The van der Waals surface area contributed by atoms with Crippen molar-refractivity contribution in [1.29, 1.82) is 0 Å². The molecule has 0 aliphatic carbocycles. The van der Waals surface area contributed by atoms with E-state index < -0.39 is 0 Å². The van der Waals surface area contributed by atoms with Gasteiger partial charge in [-0.3, -0.25) is 9.69 Å². The highest BCUT2D eigenvalue weighted by atomic mass is 19.1. The summed E-state index contributed by atoms with van der Waals surface area (Å²) >= 11 is 0. The SMILES string of the molecule is COc1ccc(CC(=O)N2CCN(C(c3ccc(F)cc3)c3ccc(F)cc3)CC2)cc1. The molecule has 1 amide bonds. The molecule has 3 aromatic carbocycles. The molecule has 1 aliphatic rings. The zero-order valence-corrected chi connectivity index (χ0v) is 18.0. The molecule has 32 heavy (non-hydrogen) atoms. The molecule has 1 saturated heterocycles. The zero-order chi connectivity index (χ0) is 22.5. The second-order valence-corrected chi connectivity index (χ2v) is 7.95. The van der Waals surface area contributed by atoms with Crippen LogP contribution in [0.15, 0.2) is 72.8 Å². The van der Waals surface area contributed by atoms with Gasteiger partial charge in [0.15, 0.2) is 0 Å². The maximum Gasteiger partial charge on any atom is 0.227 e. The number of rotatable bonds is 6. The number of hydrogen-bond donors (Lipinski definition) is 0. The third kappa shape index (κ3) is 5.14. The molecule has 0 spiro atoms. The van der Waals surface area contributed by atoms with Gasteiger partial charge in [0.2, 0.25) is 5.91 Å². The van der Waals surface area contributed by atoms with E-state index in [1.807, 2.05) is 29.2 Å². The summed E-state index contributed by atoms with van der Waals surface area (Å²) in [4.78, 5) is 16.9. The molecule has 0 N–H and O–H groups in total. The van der Waals surface area contributed by atoms with Gasteiger partial charge in [-0.1, -0.05) is 36.4 Å². The number of ether oxygens (including phenoxy) is 1. The lowest BCUT2D eigenvalue weighted by Crippen LogP contribution is -2.50. The third-order valence-corrected chi connectivity index (χ3v) is 5.92. The van der Waals surface area contributed by atoms with Crippen molar-refractivity contribution in [2.45, 2.75) is 12.5 Å². The average Bonchev–Trinajstić information content (AvgIpc) is 2.82. The van der Waals surface area contributed by atoms with Gasteiger partial charge in [0.1, 0.15) is 17.4 Å². The molecular weight excluding hydrogens is 410 g/mol. The van der Waals surface area contributed by atoms with E-state index in [1.54, 1.807) is 31.4 Å². The smallest absolute Gasteiger partial charge is 0.227 e. The van der Waals surface area contributed by atoms with Gasteiger partial charge in [0.25, 0.3) is 0 Å². The molecule has 1 heterocycles. The Morgan fingerprint density at radius 3 is 1.78 bits per heavy atom. The van der Waals surface area contributed by atoms with Gasteiger partial charge >= 0.3 is 0 Å². The maximum absolute atomic E-state index is 13.5. The van der Waals surface area contributed by atoms with Crippen LogP contribution in [0.2, 0.25) is 0 Å². The molecule has 4 nitrogen and oxygen atoms in total. The van der Waals surface area contributed by atoms with Crippen LogP contribution in [-0.4, -0.2) is 49.0 Å².